The average Bonchev–Trinajstić information content (AvgIpc) is 3.46. The maximum atomic E-state index is 14.7. The van der Waals surface area contributed by atoms with Crippen LogP contribution >= 0.6 is 0 Å². The molecule has 2 aromatic rings. The first-order chi connectivity index (χ1) is 15.5. The number of aromatic nitrogens is 1. The molecule has 4 rings (SSSR count). The van der Waals surface area contributed by atoms with Crippen LogP contribution in [0.4, 0.5) is 10.2 Å². The molecule has 1 saturated carbocycles. The van der Waals surface area contributed by atoms with Crippen molar-refractivity contribution in [3.8, 4) is 11.5 Å². The minimum atomic E-state index is -0.357. The summed E-state index contributed by atoms with van der Waals surface area (Å²) in [6, 6.07) is 9.07. The summed E-state index contributed by atoms with van der Waals surface area (Å²) < 4.78 is 26.7. The number of benzene rings is 1. The number of pyridine rings is 1. The standard InChI is InChI=1S/C25H32FN3O3/c1-3-27-25(30)17(2)18-8-10-20(11-9-18)31-21-12-13-29(16-21)24-23(26)14-22(15-28-24)32-19-6-4-5-7-19/h8-11,14-15,17,19,21H,3-7,12-13,16H2,1-2H3,(H,27,30). The summed E-state index contributed by atoms with van der Waals surface area (Å²) in [5, 5.41) is 2.84. The zero-order chi connectivity index (χ0) is 22.5. The normalized spacial score (nSPS) is 19.7. The van der Waals surface area contributed by atoms with Gasteiger partial charge in [-0.15, -0.1) is 0 Å². The number of hydrogen-bond acceptors (Lipinski definition) is 5. The van der Waals surface area contributed by atoms with E-state index in [-0.39, 0.29) is 29.9 Å². The molecule has 2 atom stereocenters. The number of amides is 1. The molecule has 2 heterocycles. The van der Waals surface area contributed by atoms with E-state index in [1.807, 2.05) is 43.0 Å². The summed E-state index contributed by atoms with van der Waals surface area (Å²) in [5.74, 6) is 1.05. The fraction of sp³-hybridized carbons (Fsp3) is 0.520. The topological polar surface area (TPSA) is 63.7 Å². The first-order valence-corrected chi connectivity index (χ1v) is 11.6. The van der Waals surface area contributed by atoms with Gasteiger partial charge in [0.1, 0.15) is 17.6 Å². The van der Waals surface area contributed by atoms with E-state index in [1.165, 1.54) is 18.9 Å². The van der Waals surface area contributed by atoms with E-state index in [9.17, 15) is 9.18 Å². The van der Waals surface area contributed by atoms with Crippen LogP contribution in [0.5, 0.6) is 11.5 Å². The Balaban J connectivity index is 1.32. The lowest BCUT2D eigenvalue weighted by molar-refractivity contribution is -0.122. The fourth-order valence-electron chi connectivity index (χ4n) is 4.43. The smallest absolute Gasteiger partial charge is 0.227 e. The Morgan fingerprint density at radius 1 is 1.16 bits per heavy atom. The Bertz CT molecular complexity index is 915. The van der Waals surface area contributed by atoms with Crippen LogP contribution in [0.15, 0.2) is 36.5 Å². The van der Waals surface area contributed by atoms with Gasteiger partial charge in [-0.1, -0.05) is 12.1 Å². The summed E-state index contributed by atoms with van der Waals surface area (Å²) in [4.78, 5) is 18.3. The maximum absolute atomic E-state index is 14.7. The second kappa shape index (κ2) is 10.2. The van der Waals surface area contributed by atoms with Gasteiger partial charge in [-0.2, -0.15) is 0 Å². The molecular formula is C25H32FN3O3. The van der Waals surface area contributed by atoms with Gasteiger partial charge in [0.2, 0.25) is 5.91 Å². The van der Waals surface area contributed by atoms with Crippen LogP contribution in [0.1, 0.15) is 57.4 Å². The molecule has 1 saturated heterocycles. The van der Waals surface area contributed by atoms with E-state index in [4.69, 9.17) is 9.47 Å². The second-order valence-electron chi connectivity index (χ2n) is 8.66. The number of carbonyl (C=O) groups excluding carboxylic acids is 1. The highest BCUT2D eigenvalue weighted by Crippen LogP contribution is 2.29. The van der Waals surface area contributed by atoms with Crippen molar-refractivity contribution >= 4 is 11.7 Å². The van der Waals surface area contributed by atoms with Gasteiger partial charge < -0.3 is 19.7 Å². The number of nitrogens with one attached hydrogen (secondary N) is 1. The van der Waals surface area contributed by atoms with Crippen LogP contribution in [-0.4, -0.2) is 42.7 Å². The van der Waals surface area contributed by atoms with Crippen molar-refractivity contribution in [2.24, 2.45) is 0 Å². The van der Waals surface area contributed by atoms with Crippen molar-refractivity contribution in [3.63, 3.8) is 0 Å². The summed E-state index contributed by atoms with van der Waals surface area (Å²) in [6.45, 7) is 5.68. The number of nitrogens with zero attached hydrogens (tertiary/aromatic N) is 2. The predicted octanol–water partition coefficient (Wildman–Crippen LogP) is 4.44. The molecule has 32 heavy (non-hydrogen) atoms. The van der Waals surface area contributed by atoms with Crippen molar-refractivity contribution in [2.75, 3.05) is 24.5 Å². The molecule has 1 aromatic heterocycles. The van der Waals surface area contributed by atoms with Crippen LogP contribution in [0, 0.1) is 5.82 Å². The van der Waals surface area contributed by atoms with Crippen molar-refractivity contribution < 1.29 is 18.7 Å². The van der Waals surface area contributed by atoms with E-state index < -0.39 is 0 Å². The van der Waals surface area contributed by atoms with Gasteiger partial charge in [-0.3, -0.25) is 4.79 Å². The van der Waals surface area contributed by atoms with Crippen LogP contribution in [0.25, 0.3) is 0 Å². The monoisotopic (exact) mass is 441 g/mol. The molecule has 1 aromatic carbocycles. The minimum Gasteiger partial charge on any atom is -0.489 e. The van der Waals surface area contributed by atoms with Crippen molar-refractivity contribution in [3.05, 3.63) is 47.9 Å². The van der Waals surface area contributed by atoms with Gasteiger partial charge in [0.15, 0.2) is 11.6 Å². The van der Waals surface area contributed by atoms with Crippen molar-refractivity contribution in [1.29, 1.82) is 0 Å². The van der Waals surface area contributed by atoms with Crippen LogP contribution in [-0.2, 0) is 4.79 Å². The number of hydrogen-bond donors (Lipinski definition) is 1. The molecule has 172 valence electrons. The zero-order valence-corrected chi connectivity index (χ0v) is 18.9. The Morgan fingerprint density at radius 2 is 1.88 bits per heavy atom. The van der Waals surface area contributed by atoms with Crippen LogP contribution in [0.2, 0.25) is 0 Å². The van der Waals surface area contributed by atoms with E-state index >= 15 is 0 Å². The molecule has 0 bridgehead atoms. The van der Waals surface area contributed by atoms with Gasteiger partial charge in [-0.05, 0) is 57.2 Å². The highest BCUT2D eigenvalue weighted by atomic mass is 19.1. The number of likely N-dealkylation sites (N-methyl/N-ethyl adjacent to an activating group) is 1. The van der Waals surface area contributed by atoms with Crippen LogP contribution < -0.4 is 19.7 Å². The Morgan fingerprint density at radius 3 is 2.56 bits per heavy atom. The zero-order valence-electron chi connectivity index (χ0n) is 18.9. The van der Waals surface area contributed by atoms with E-state index in [0.29, 0.717) is 31.2 Å². The van der Waals surface area contributed by atoms with Gasteiger partial charge in [0.25, 0.3) is 0 Å². The van der Waals surface area contributed by atoms with Gasteiger partial charge in [0, 0.05) is 25.6 Å². The lowest BCUT2D eigenvalue weighted by Crippen LogP contribution is -2.27. The maximum Gasteiger partial charge on any atom is 0.227 e. The quantitative estimate of drug-likeness (QED) is 0.656. The van der Waals surface area contributed by atoms with E-state index in [2.05, 4.69) is 10.3 Å². The summed E-state index contributed by atoms with van der Waals surface area (Å²) in [5.41, 5.74) is 0.947. The second-order valence-corrected chi connectivity index (χ2v) is 8.66. The molecule has 2 fully saturated rings. The van der Waals surface area contributed by atoms with E-state index in [1.54, 1.807) is 6.20 Å². The van der Waals surface area contributed by atoms with Gasteiger partial charge >= 0.3 is 0 Å². The van der Waals surface area contributed by atoms with E-state index in [0.717, 1.165) is 30.6 Å². The third-order valence-corrected chi connectivity index (χ3v) is 6.27. The third-order valence-electron chi connectivity index (χ3n) is 6.27. The molecule has 1 aliphatic carbocycles. The molecule has 2 aliphatic rings. The number of carbonyl (C=O) groups is 1. The number of anilines is 1. The van der Waals surface area contributed by atoms with Crippen molar-refractivity contribution in [1.82, 2.24) is 10.3 Å². The molecule has 0 spiro atoms. The SMILES string of the molecule is CCNC(=O)C(C)c1ccc(OC2CCN(c3ncc(OC4CCCC4)cc3F)C2)cc1. The molecular weight excluding hydrogens is 409 g/mol. The minimum absolute atomic E-state index is 0.0155. The largest absolute Gasteiger partial charge is 0.489 e. The summed E-state index contributed by atoms with van der Waals surface area (Å²) in [6.07, 6.45) is 6.95. The molecule has 1 N–H and O–H groups in total. The molecule has 1 amide bonds. The lowest BCUT2D eigenvalue weighted by atomic mass is 10.0. The predicted molar refractivity (Wildman–Crippen MR) is 122 cm³/mol. The molecule has 1 aliphatic heterocycles. The van der Waals surface area contributed by atoms with Crippen molar-refractivity contribution in [2.45, 2.75) is 64.1 Å². The Labute approximate surface area is 189 Å². The average molecular weight is 442 g/mol. The van der Waals surface area contributed by atoms with Gasteiger partial charge in [0.05, 0.1) is 24.8 Å². The third kappa shape index (κ3) is 5.31. The Hall–Kier alpha value is -2.83. The van der Waals surface area contributed by atoms with Crippen LogP contribution in [0.3, 0.4) is 0 Å². The summed E-state index contributed by atoms with van der Waals surface area (Å²) in [7, 11) is 0. The number of ether oxygens (including phenoxy) is 2. The lowest BCUT2D eigenvalue weighted by Gasteiger charge is -2.20. The molecule has 0 radical (unpaired) electrons. The number of rotatable bonds is 8. The Kier molecular flexibility index (Phi) is 7.12. The first kappa shape index (κ1) is 22.4. The fourth-order valence-corrected chi connectivity index (χ4v) is 4.43. The highest BCUT2D eigenvalue weighted by molar-refractivity contribution is 5.83. The molecule has 7 heteroatoms. The van der Waals surface area contributed by atoms with Gasteiger partial charge in [-0.25, -0.2) is 9.37 Å². The first-order valence-electron chi connectivity index (χ1n) is 11.6. The number of halogens is 1. The highest BCUT2D eigenvalue weighted by Gasteiger charge is 2.27. The molecule has 2 unspecified atom stereocenters. The summed E-state index contributed by atoms with van der Waals surface area (Å²) >= 11 is 0. The molecule has 6 nitrogen and oxygen atoms in total.